The van der Waals surface area contributed by atoms with Crippen molar-refractivity contribution in [2.75, 3.05) is 4.90 Å². The average molecular weight is 455 g/mol. The van der Waals surface area contributed by atoms with Crippen LogP contribution in [-0.4, -0.2) is 27.1 Å². The normalized spacial score (nSPS) is 17.5. The molecular weight excluding hydrogens is 428 g/mol. The summed E-state index contributed by atoms with van der Waals surface area (Å²) in [5.74, 6) is 0.0400. The fourth-order valence-corrected chi connectivity index (χ4v) is 4.30. The van der Waals surface area contributed by atoms with Gasteiger partial charge in [0.15, 0.2) is 5.76 Å². The molecule has 0 bridgehead atoms. The number of furan rings is 1. The van der Waals surface area contributed by atoms with Crippen molar-refractivity contribution in [1.82, 2.24) is 15.1 Å². The molecule has 0 saturated carbocycles. The van der Waals surface area contributed by atoms with Gasteiger partial charge in [-0.1, -0.05) is 47.5 Å². The largest absolute Gasteiger partial charge is 0.463 e. The van der Waals surface area contributed by atoms with Crippen molar-refractivity contribution in [2.45, 2.75) is 39.4 Å². The number of hydrogen-bond donors (Lipinski definition) is 1. The van der Waals surface area contributed by atoms with Crippen LogP contribution in [0.5, 0.6) is 0 Å². The number of fused-ring (bicyclic) bond motifs is 1. The van der Waals surface area contributed by atoms with Gasteiger partial charge in [0.25, 0.3) is 5.91 Å². The van der Waals surface area contributed by atoms with Crippen LogP contribution in [-0.2, 0) is 17.9 Å². The lowest BCUT2D eigenvalue weighted by Crippen LogP contribution is -2.64. The molecule has 0 saturated heterocycles. The van der Waals surface area contributed by atoms with Crippen LogP contribution < -0.4 is 10.2 Å². The molecule has 0 fully saturated rings. The summed E-state index contributed by atoms with van der Waals surface area (Å²) in [7, 11) is 0. The number of amides is 2. The number of hydrogen-bond acceptors (Lipinski definition) is 4. The molecule has 4 aromatic rings. The van der Waals surface area contributed by atoms with Gasteiger partial charge < -0.3 is 9.73 Å². The van der Waals surface area contributed by atoms with Gasteiger partial charge in [0.05, 0.1) is 12.8 Å². The van der Waals surface area contributed by atoms with Gasteiger partial charge in [0.2, 0.25) is 5.91 Å². The number of aryl methyl sites for hydroxylation is 2. The summed E-state index contributed by atoms with van der Waals surface area (Å²) in [6.45, 7) is 6.37. The maximum Gasteiger partial charge on any atom is 0.277 e. The first-order chi connectivity index (χ1) is 16.3. The van der Waals surface area contributed by atoms with Crippen LogP contribution in [0.3, 0.4) is 0 Å². The van der Waals surface area contributed by atoms with E-state index in [2.05, 4.69) is 10.4 Å². The zero-order valence-electron chi connectivity index (χ0n) is 19.4. The van der Waals surface area contributed by atoms with Crippen molar-refractivity contribution in [1.29, 1.82) is 0 Å². The van der Waals surface area contributed by atoms with E-state index < -0.39 is 5.54 Å². The molecular formula is C27H26N4O3. The molecule has 172 valence electrons. The Balaban J connectivity index is 1.52. The van der Waals surface area contributed by atoms with Gasteiger partial charge in [-0.05, 0) is 50.6 Å². The van der Waals surface area contributed by atoms with Gasteiger partial charge >= 0.3 is 0 Å². The minimum atomic E-state index is -1.18. The van der Waals surface area contributed by atoms with Crippen LogP contribution in [0.25, 0.3) is 11.5 Å². The quantitative estimate of drug-likeness (QED) is 0.482. The Labute approximate surface area is 198 Å². The second kappa shape index (κ2) is 8.33. The van der Waals surface area contributed by atoms with Crippen molar-refractivity contribution in [3.8, 4) is 11.5 Å². The number of aromatic nitrogens is 2. The lowest BCUT2D eigenvalue weighted by atomic mass is 9.93. The monoisotopic (exact) mass is 454 g/mol. The highest BCUT2D eigenvalue weighted by atomic mass is 16.3. The molecule has 2 amide bonds. The molecule has 1 atom stereocenters. The predicted octanol–water partition coefficient (Wildman–Crippen LogP) is 4.50. The van der Waals surface area contributed by atoms with Crippen LogP contribution in [0.2, 0.25) is 0 Å². The molecule has 7 heteroatoms. The minimum absolute atomic E-state index is 0.211. The Morgan fingerprint density at radius 2 is 1.74 bits per heavy atom. The third kappa shape index (κ3) is 3.79. The van der Waals surface area contributed by atoms with Crippen molar-refractivity contribution in [2.24, 2.45) is 0 Å². The second-order valence-corrected chi connectivity index (χ2v) is 8.97. The van der Waals surface area contributed by atoms with Crippen LogP contribution >= 0.6 is 0 Å². The number of nitrogens with zero attached hydrogens (tertiary/aromatic N) is 3. The summed E-state index contributed by atoms with van der Waals surface area (Å²) >= 11 is 0. The lowest BCUT2D eigenvalue weighted by molar-refractivity contribution is -0.126. The van der Waals surface area contributed by atoms with Crippen molar-refractivity contribution in [3.05, 3.63) is 95.4 Å². The molecule has 0 spiro atoms. The number of benzene rings is 2. The Hall–Kier alpha value is -4.13. The van der Waals surface area contributed by atoms with E-state index in [1.807, 2.05) is 62.4 Å². The lowest BCUT2D eigenvalue weighted by Gasteiger charge is -2.43. The summed E-state index contributed by atoms with van der Waals surface area (Å²) in [5, 5.41) is 7.62. The molecule has 2 aromatic heterocycles. The first-order valence-corrected chi connectivity index (χ1v) is 11.2. The Morgan fingerprint density at radius 1 is 1.06 bits per heavy atom. The van der Waals surface area contributed by atoms with E-state index in [1.54, 1.807) is 41.0 Å². The van der Waals surface area contributed by atoms with Gasteiger partial charge in [0, 0.05) is 18.3 Å². The molecule has 5 rings (SSSR count). The summed E-state index contributed by atoms with van der Waals surface area (Å²) in [5.41, 5.74) is 3.67. The van der Waals surface area contributed by atoms with Gasteiger partial charge in [-0.3, -0.25) is 19.2 Å². The fourth-order valence-electron chi connectivity index (χ4n) is 4.30. The molecule has 3 heterocycles. The SMILES string of the molecule is Cc1ccc(CNC(=O)[C@]2(C)Cn3nc(-c4ccco4)cc3C(=O)N2c2ccc(C)cc2)cc1. The summed E-state index contributed by atoms with van der Waals surface area (Å²) < 4.78 is 7.08. The van der Waals surface area contributed by atoms with E-state index in [9.17, 15) is 9.59 Å². The van der Waals surface area contributed by atoms with E-state index in [1.165, 1.54) is 0 Å². The summed E-state index contributed by atoms with van der Waals surface area (Å²) in [6.07, 6.45) is 1.57. The standard InChI is InChI=1S/C27H26N4O3/c1-18-6-10-20(11-7-18)16-28-26(33)27(3)17-30-23(15-22(29-30)24-5-4-14-34-24)25(32)31(27)21-12-8-19(2)9-13-21/h4-15H,16-17H2,1-3H3,(H,28,33)/t27-/m0/s1. The van der Waals surface area contributed by atoms with E-state index >= 15 is 0 Å². The number of nitrogens with one attached hydrogen (secondary N) is 1. The van der Waals surface area contributed by atoms with Gasteiger partial charge in [-0.15, -0.1) is 0 Å². The molecule has 1 aliphatic rings. The maximum atomic E-state index is 13.8. The van der Waals surface area contributed by atoms with E-state index in [-0.39, 0.29) is 18.4 Å². The van der Waals surface area contributed by atoms with Gasteiger partial charge in [0.1, 0.15) is 16.9 Å². The van der Waals surface area contributed by atoms with E-state index in [4.69, 9.17) is 4.42 Å². The van der Waals surface area contributed by atoms with E-state index in [0.717, 1.165) is 16.7 Å². The molecule has 34 heavy (non-hydrogen) atoms. The van der Waals surface area contributed by atoms with Crippen molar-refractivity contribution < 1.29 is 14.0 Å². The fraction of sp³-hybridized carbons (Fsp3) is 0.222. The summed E-state index contributed by atoms with van der Waals surface area (Å²) in [4.78, 5) is 29.0. The first-order valence-electron chi connectivity index (χ1n) is 11.2. The third-order valence-corrected chi connectivity index (χ3v) is 6.28. The Bertz CT molecular complexity index is 1340. The molecule has 0 unspecified atom stereocenters. The molecule has 0 radical (unpaired) electrons. The molecule has 7 nitrogen and oxygen atoms in total. The first kappa shape index (κ1) is 21.7. The van der Waals surface area contributed by atoms with Crippen molar-refractivity contribution in [3.63, 3.8) is 0 Å². The zero-order valence-corrected chi connectivity index (χ0v) is 19.4. The molecule has 0 aliphatic carbocycles. The second-order valence-electron chi connectivity index (χ2n) is 8.97. The van der Waals surface area contributed by atoms with Crippen LogP contribution in [0.1, 0.15) is 34.1 Å². The number of anilines is 1. The van der Waals surface area contributed by atoms with Crippen molar-refractivity contribution >= 4 is 17.5 Å². The molecule has 2 aromatic carbocycles. The summed E-state index contributed by atoms with van der Waals surface area (Å²) in [6, 6.07) is 20.9. The predicted molar refractivity (Wildman–Crippen MR) is 129 cm³/mol. The van der Waals surface area contributed by atoms with E-state index in [0.29, 0.717) is 29.4 Å². The highest BCUT2D eigenvalue weighted by Crippen LogP contribution is 2.34. The smallest absolute Gasteiger partial charge is 0.277 e. The van der Waals surface area contributed by atoms with Gasteiger partial charge in [-0.2, -0.15) is 5.10 Å². The van der Waals surface area contributed by atoms with Crippen LogP contribution in [0.15, 0.2) is 77.4 Å². The third-order valence-electron chi connectivity index (χ3n) is 6.28. The number of rotatable bonds is 5. The maximum absolute atomic E-state index is 13.8. The topological polar surface area (TPSA) is 80.4 Å². The van der Waals surface area contributed by atoms with Crippen LogP contribution in [0, 0.1) is 13.8 Å². The zero-order chi connectivity index (χ0) is 23.9. The highest BCUT2D eigenvalue weighted by molar-refractivity contribution is 6.12. The molecule has 1 N–H and O–H groups in total. The van der Waals surface area contributed by atoms with Gasteiger partial charge in [-0.25, -0.2) is 0 Å². The Kier molecular flexibility index (Phi) is 5.32. The Morgan fingerprint density at radius 3 is 2.38 bits per heavy atom. The van der Waals surface area contributed by atoms with Crippen LogP contribution in [0.4, 0.5) is 5.69 Å². The molecule has 1 aliphatic heterocycles. The number of carbonyl (C=O) groups is 2. The minimum Gasteiger partial charge on any atom is -0.463 e. The average Bonchev–Trinajstić information content (AvgIpc) is 3.50. The highest BCUT2D eigenvalue weighted by Gasteiger charge is 2.48. The number of carbonyl (C=O) groups excluding carboxylic acids is 2.